The Morgan fingerprint density at radius 3 is 2.72 bits per heavy atom. The van der Waals surface area contributed by atoms with E-state index in [-0.39, 0.29) is 18.4 Å². The molecule has 25 heavy (non-hydrogen) atoms. The van der Waals surface area contributed by atoms with Crippen LogP contribution >= 0.6 is 0 Å². The second kappa shape index (κ2) is 8.15. The molecule has 0 aromatic heterocycles. The van der Waals surface area contributed by atoms with Gasteiger partial charge in [-0.25, -0.2) is 0 Å². The van der Waals surface area contributed by atoms with Gasteiger partial charge in [-0.05, 0) is 17.7 Å². The first-order chi connectivity index (χ1) is 12.2. The minimum atomic E-state index is -0.178. The van der Waals surface area contributed by atoms with Crippen LogP contribution in [0.5, 0.6) is 5.75 Å². The molecule has 0 saturated heterocycles. The van der Waals surface area contributed by atoms with Crippen LogP contribution in [-0.4, -0.2) is 36.4 Å². The molecule has 1 heterocycles. The summed E-state index contributed by atoms with van der Waals surface area (Å²) < 4.78 is 5.52. The molecule has 0 atom stereocenters. The van der Waals surface area contributed by atoms with E-state index in [2.05, 4.69) is 5.32 Å². The molecule has 2 amide bonds. The maximum Gasteiger partial charge on any atom is 0.260 e. The molecule has 0 aliphatic carbocycles. The van der Waals surface area contributed by atoms with Crippen LogP contribution in [0.15, 0.2) is 60.7 Å². The Morgan fingerprint density at radius 2 is 1.88 bits per heavy atom. The third-order valence-corrected chi connectivity index (χ3v) is 3.95. The molecule has 0 radical (unpaired) electrons. The molecule has 1 aliphatic rings. The number of rotatable bonds is 5. The Labute approximate surface area is 146 Å². The summed E-state index contributed by atoms with van der Waals surface area (Å²) in [6, 6.07) is 17.2. The summed E-state index contributed by atoms with van der Waals surface area (Å²) in [6.45, 7) is 1.36. The number of carbonyl (C=O) groups excluding carboxylic acids is 2. The second-order valence-electron chi connectivity index (χ2n) is 5.75. The smallest absolute Gasteiger partial charge is 0.260 e. The van der Waals surface area contributed by atoms with E-state index in [1.807, 2.05) is 54.6 Å². The van der Waals surface area contributed by atoms with E-state index in [0.717, 1.165) is 16.9 Å². The lowest BCUT2D eigenvalue weighted by Gasteiger charge is -2.19. The van der Waals surface area contributed by atoms with Gasteiger partial charge in [0.2, 0.25) is 5.91 Å². The Morgan fingerprint density at radius 1 is 1.12 bits per heavy atom. The molecule has 5 nitrogen and oxygen atoms in total. The molecule has 0 spiro atoms. The first-order valence-electron chi connectivity index (χ1n) is 8.22. The zero-order chi connectivity index (χ0) is 17.5. The maximum atomic E-state index is 12.1. The molecule has 2 aromatic carbocycles. The quantitative estimate of drug-likeness (QED) is 0.852. The first-order valence-corrected chi connectivity index (χ1v) is 8.22. The highest BCUT2D eigenvalue weighted by Gasteiger charge is 2.20. The van der Waals surface area contributed by atoms with Crippen molar-refractivity contribution in [2.45, 2.75) is 6.54 Å². The molecule has 0 saturated carbocycles. The van der Waals surface area contributed by atoms with Crippen molar-refractivity contribution in [2.24, 2.45) is 0 Å². The number of para-hydroxylation sites is 1. The average molecular weight is 336 g/mol. The summed E-state index contributed by atoms with van der Waals surface area (Å²) in [5.74, 6) is 0.487. The highest BCUT2D eigenvalue weighted by molar-refractivity contribution is 5.91. The molecule has 1 N–H and O–H groups in total. The number of hydrogen-bond acceptors (Lipinski definition) is 3. The van der Waals surface area contributed by atoms with E-state index < -0.39 is 0 Å². The van der Waals surface area contributed by atoms with Gasteiger partial charge in [0.15, 0.2) is 6.61 Å². The standard InChI is InChI=1S/C20H20N2O3/c23-19(11-10-16-6-2-1-3-7-16)21-12-13-22-14-17-8-4-5-9-18(17)25-15-20(22)24/h1-11H,12-15H2,(H,21,23)/b11-10+. The van der Waals surface area contributed by atoms with Crippen molar-refractivity contribution in [1.29, 1.82) is 0 Å². The zero-order valence-corrected chi connectivity index (χ0v) is 13.9. The van der Waals surface area contributed by atoms with Gasteiger partial charge in [-0.1, -0.05) is 48.5 Å². The number of nitrogens with zero attached hydrogens (tertiary/aromatic N) is 1. The van der Waals surface area contributed by atoms with Gasteiger partial charge in [-0.2, -0.15) is 0 Å². The van der Waals surface area contributed by atoms with Gasteiger partial charge < -0.3 is 15.0 Å². The van der Waals surface area contributed by atoms with E-state index in [9.17, 15) is 9.59 Å². The summed E-state index contributed by atoms with van der Waals surface area (Å²) >= 11 is 0. The highest BCUT2D eigenvalue weighted by Crippen LogP contribution is 2.22. The van der Waals surface area contributed by atoms with Crippen LogP contribution in [0.4, 0.5) is 0 Å². The normalized spacial score (nSPS) is 13.9. The van der Waals surface area contributed by atoms with E-state index >= 15 is 0 Å². The Balaban J connectivity index is 1.50. The zero-order valence-electron chi connectivity index (χ0n) is 13.9. The van der Waals surface area contributed by atoms with Gasteiger partial charge in [0, 0.05) is 31.3 Å². The van der Waals surface area contributed by atoms with Gasteiger partial charge in [0.25, 0.3) is 5.91 Å². The van der Waals surface area contributed by atoms with Gasteiger partial charge in [-0.3, -0.25) is 9.59 Å². The van der Waals surface area contributed by atoms with E-state index in [0.29, 0.717) is 19.6 Å². The number of benzene rings is 2. The molecule has 5 heteroatoms. The summed E-state index contributed by atoms with van der Waals surface area (Å²) in [5.41, 5.74) is 1.94. The van der Waals surface area contributed by atoms with Crippen molar-refractivity contribution < 1.29 is 14.3 Å². The lowest BCUT2D eigenvalue weighted by molar-refractivity contribution is -0.133. The molecule has 128 valence electrons. The third-order valence-electron chi connectivity index (χ3n) is 3.95. The van der Waals surface area contributed by atoms with Gasteiger partial charge >= 0.3 is 0 Å². The molecule has 3 rings (SSSR count). The number of ether oxygens (including phenoxy) is 1. The van der Waals surface area contributed by atoms with Crippen molar-refractivity contribution in [1.82, 2.24) is 10.2 Å². The third kappa shape index (κ3) is 4.70. The fourth-order valence-corrected chi connectivity index (χ4v) is 2.61. The number of nitrogens with one attached hydrogen (secondary N) is 1. The molecular weight excluding hydrogens is 316 g/mol. The Kier molecular flexibility index (Phi) is 5.46. The van der Waals surface area contributed by atoms with E-state index in [1.165, 1.54) is 6.08 Å². The summed E-state index contributed by atoms with van der Waals surface area (Å²) in [4.78, 5) is 25.7. The van der Waals surface area contributed by atoms with Crippen molar-refractivity contribution in [3.05, 3.63) is 71.8 Å². The number of amides is 2. The lowest BCUT2D eigenvalue weighted by atomic mass is 10.2. The van der Waals surface area contributed by atoms with Gasteiger partial charge in [0.05, 0.1) is 0 Å². The summed E-state index contributed by atoms with van der Waals surface area (Å²) in [7, 11) is 0. The number of fused-ring (bicyclic) bond motifs is 1. The minimum Gasteiger partial charge on any atom is -0.483 e. The molecular formula is C20H20N2O3. The van der Waals surface area contributed by atoms with E-state index in [1.54, 1.807) is 11.0 Å². The first kappa shape index (κ1) is 16.8. The number of hydrogen-bond donors (Lipinski definition) is 1. The van der Waals surface area contributed by atoms with Gasteiger partial charge in [0.1, 0.15) is 5.75 Å². The van der Waals surface area contributed by atoms with Crippen LogP contribution in [0.25, 0.3) is 6.08 Å². The highest BCUT2D eigenvalue weighted by atomic mass is 16.5. The Bertz CT molecular complexity index is 772. The SMILES string of the molecule is O=C(/C=C/c1ccccc1)NCCN1Cc2ccccc2OCC1=O. The van der Waals surface area contributed by atoms with Crippen molar-refractivity contribution >= 4 is 17.9 Å². The largest absolute Gasteiger partial charge is 0.483 e. The minimum absolute atomic E-state index is 0.0267. The van der Waals surface area contributed by atoms with Crippen LogP contribution < -0.4 is 10.1 Å². The van der Waals surface area contributed by atoms with Gasteiger partial charge in [-0.15, -0.1) is 0 Å². The Hall–Kier alpha value is -3.08. The monoisotopic (exact) mass is 336 g/mol. The fourth-order valence-electron chi connectivity index (χ4n) is 2.61. The van der Waals surface area contributed by atoms with Crippen molar-refractivity contribution in [3.8, 4) is 5.75 Å². The van der Waals surface area contributed by atoms with Crippen LogP contribution in [-0.2, 0) is 16.1 Å². The maximum absolute atomic E-state index is 12.1. The molecule has 1 aliphatic heterocycles. The predicted octanol–water partition coefficient (Wildman–Crippen LogP) is 2.24. The van der Waals surface area contributed by atoms with Crippen molar-refractivity contribution in [3.63, 3.8) is 0 Å². The molecule has 2 aromatic rings. The molecule has 0 bridgehead atoms. The fraction of sp³-hybridized carbons (Fsp3) is 0.200. The summed E-state index contributed by atoms with van der Waals surface area (Å²) in [5, 5.41) is 2.80. The van der Waals surface area contributed by atoms with Crippen LogP contribution in [0.3, 0.4) is 0 Å². The topological polar surface area (TPSA) is 58.6 Å². The van der Waals surface area contributed by atoms with Crippen LogP contribution in [0.1, 0.15) is 11.1 Å². The van der Waals surface area contributed by atoms with Crippen LogP contribution in [0.2, 0.25) is 0 Å². The summed E-state index contributed by atoms with van der Waals surface area (Å²) in [6.07, 6.45) is 3.26. The number of carbonyl (C=O) groups is 2. The predicted molar refractivity (Wildman–Crippen MR) is 95.8 cm³/mol. The lowest BCUT2D eigenvalue weighted by Crippen LogP contribution is -2.38. The van der Waals surface area contributed by atoms with E-state index in [4.69, 9.17) is 4.74 Å². The van der Waals surface area contributed by atoms with Crippen molar-refractivity contribution in [2.75, 3.05) is 19.7 Å². The molecule has 0 unspecified atom stereocenters. The van der Waals surface area contributed by atoms with Crippen LogP contribution in [0, 0.1) is 0 Å². The molecule has 0 fully saturated rings. The average Bonchev–Trinajstić information content (AvgIpc) is 2.80. The second-order valence-corrected chi connectivity index (χ2v) is 5.75.